The summed E-state index contributed by atoms with van der Waals surface area (Å²) in [6, 6.07) is 8.24. The molecule has 0 N–H and O–H groups in total. The quantitative estimate of drug-likeness (QED) is 0.812. The molecule has 2 aromatic rings. The maximum absolute atomic E-state index is 13.3. The van der Waals surface area contributed by atoms with E-state index in [4.69, 9.17) is 11.6 Å². The molecule has 1 aromatic heterocycles. The van der Waals surface area contributed by atoms with E-state index in [1.807, 2.05) is 0 Å². The Hall–Kier alpha value is -1.48. The van der Waals surface area contributed by atoms with Crippen molar-refractivity contribution in [2.24, 2.45) is 0 Å². The van der Waals surface area contributed by atoms with E-state index < -0.39 is 15.8 Å². The topological polar surface area (TPSA) is 57.7 Å². The first-order chi connectivity index (χ1) is 11.4. The summed E-state index contributed by atoms with van der Waals surface area (Å²) in [5.41, 5.74) is 0. The van der Waals surface area contributed by atoms with Crippen LogP contribution in [-0.4, -0.2) is 49.7 Å². The predicted molar refractivity (Wildman–Crippen MR) is 90.4 cm³/mol. The minimum atomic E-state index is -3.76. The van der Waals surface area contributed by atoms with E-state index in [0.717, 1.165) is 6.07 Å². The molecule has 1 aromatic carbocycles. The Kier molecular flexibility index (Phi) is 4.91. The van der Waals surface area contributed by atoms with Crippen molar-refractivity contribution in [2.45, 2.75) is 4.90 Å². The van der Waals surface area contributed by atoms with Crippen molar-refractivity contribution < 1.29 is 17.6 Å². The minimum Gasteiger partial charge on any atom is -0.335 e. The van der Waals surface area contributed by atoms with Crippen LogP contribution >= 0.6 is 22.9 Å². The Bertz CT molecular complexity index is 861. The highest BCUT2D eigenvalue weighted by atomic mass is 35.5. The first kappa shape index (κ1) is 17.3. The number of carbonyl (C=O) groups excluding carboxylic acids is 1. The van der Waals surface area contributed by atoms with E-state index in [1.54, 1.807) is 17.0 Å². The molecule has 1 amide bonds. The van der Waals surface area contributed by atoms with Crippen LogP contribution in [0.25, 0.3) is 0 Å². The molecule has 2 heterocycles. The van der Waals surface area contributed by atoms with Gasteiger partial charge in [0.2, 0.25) is 10.0 Å². The van der Waals surface area contributed by atoms with Crippen LogP contribution in [0, 0.1) is 5.82 Å². The van der Waals surface area contributed by atoms with Gasteiger partial charge >= 0.3 is 0 Å². The molecule has 0 aliphatic carbocycles. The summed E-state index contributed by atoms with van der Waals surface area (Å²) in [5.74, 6) is -0.755. The largest absolute Gasteiger partial charge is 0.335 e. The van der Waals surface area contributed by atoms with Crippen molar-refractivity contribution in [1.29, 1.82) is 0 Å². The fraction of sp³-hybridized carbons (Fsp3) is 0.267. The third kappa shape index (κ3) is 3.46. The van der Waals surface area contributed by atoms with Gasteiger partial charge in [0.15, 0.2) is 0 Å². The lowest BCUT2D eigenvalue weighted by atomic mass is 10.3. The van der Waals surface area contributed by atoms with E-state index in [9.17, 15) is 17.6 Å². The molecule has 1 aliphatic rings. The Morgan fingerprint density at radius 3 is 2.42 bits per heavy atom. The second-order valence-electron chi connectivity index (χ2n) is 5.26. The van der Waals surface area contributed by atoms with Gasteiger partial charge in [0.25, 0.3) is 5.91 Å². The number of benzene rings is 1. The van der Waals surface area contributed by atoms with Gasteiger partial charge in [-0.15, -0.1) is 11.3 Å². The van der Waals surface area contributed by atoms with E-state index >= 15 is 0 Å². The molecule has 5 nitrogen and oxygen atoms in total. The number of amides is 1. The van der Waals surface area contributed by atoms with E-state index in [-0.39, 0.29) is 37.0 Å². The van der Waals surface area contributed by atoms with Crippen LogP contribution in [0.5, 0.6) is 0 Å². The molecule has 0 saturated carbocycles. The fourth-order valence-corrected chi connectivity index (χ4v) is 4.96. The summed E-state index contributed by atoms with van der Waals surface area (Å²) in [4.78, 5) is 14.4. The molecule has 1 aliphatic heterocycles. The summed E-state index contributed by atoms with van der Waals surface area (Å²) in [5, 5.41) is 0. The monoisotopic (exact) mass is 388 g/mol. The zero-order valence-electron chi connectivity index (χ0n) is 12.5. The van der Waals surface area contributed by atoms with Gasteiger partial charge in [-0.2, -0.15) is 4.31 Å². The molecule has 128 valence electrons. The van der Waals surface area contributed by atoms with Gasteiger partial charge in [0, 0.05) is 26.2 Å². The zero-order valence-corrected chi connectivity index (χ0v) is 14.9. The van der Waals surface area contributed by atoms with Gasteiger partial charge in [-0.05, 0) is 30.3 Å². The Morgan fingerprint density at radius 1 is 1.12 bits per heavy atom. The molecular formula is C15H14ClFN2O3S2. The summed E-state index contributed by atoms with van der Waals surface area (Å²) < 4.78 is 40.1. The van der Waals surface area contributed by atoms with Crippen LogP contribution in [0.15, 0.2) is 41.3 Å². The van der Waals surface area contributed by atoms with E-state index in [0.29, 0.717) is 9.21 Å². The number of thiophene rings is 1. The van der Waals surface area contributed by atoms with Crippen LogP contribution in [-0.2, 0) is 10.0 Å². The molecule has 0 radical (unpaired) electrons. The second kappa shape index (κ2) is 6.79. The molecule has 0 unspecified atom stereocenters. The highest BCUT2D eigenvalue weighted by molar-refractivity contribution is 7.89. The molecule has 1 fully saturated rings. The lowest BCUT2D eigenvalue weighted by molar-refractivity contribution is 0.0703. The van der Waals surface area contributed by atoms with E-state index in [1.165, 1.54) is 33.8 Å². The van der Waals surface area contributed by atoms with E-state index in [2.05, 4.69) is 0 Å². The lowest BCUT2D eigenvalue weighted by Crippen LogP contribution is -2.50. The normalized spacial score (nSPS) is 16.3. The SMILES string of the molecule is O=C(c1ccc(Cl)s1)N1CCN(S(=O)(=O)c2cccc(F)c2)CC1. The maximum atomic E-state index is 13.3. The Balaban J connectivity index is 1.69. The smallest absolute Gasteiger partial charge is 0.264 e. The number of piperazine rings is 1. The molecule has 1 saturated heterocycles. The fourth-order valence-electron chi connectivity index (χ4n) is 2.49. The van der Waals surface area contributed by atoms with Crippen LogP contribution in [0.3, 0.4) is 0 Å². The molecular weight excluding hydrogens is 375 g/mol. The minimum absolute atomic E-state index is 0.0766. The van der Waals surface area contributed by atoms with Gasteiger partial charge in [-0.25, -0.2) is 12.8 Å². The maximum Gasteiger partial charge on any atom is 0.264 e. The number of rotatable bonds is 3. The van der Waals surface area contributed by atoms with Crippen molar-refractivity contribution in [3.05, 3.63) is 51.4 Å². The number of nitrogens with zero attached hydrogens (tertiary/aromatic N) is 2. The zero-order chi connectivity index (χ0) is 17.3. The van der Waals surface area contributed by atoms with Crippen LogP contribution in [0.1, 0.15) is 9.67 Å². The number of halogens is 2. The summed E-state index contributed by atoms with van der Waals surface area (Å²) in [7, 11) is -3.76. The van der Waals surface area contributed by atoms with Crippen LogP contribution in [0.4, 0.5) is 4.39 Å². The number of sulfonamides is 1. The Labute approximate surface area is 148 Å². The van der Waals surface area contributed by atoms with Gasteiger partial charge < -0.3 is 4.90 Å². The average Bonchev–Trinajstić information content (AvgIpc) is 3.01. The second-order valence-corrected chi connectivity index (χ2v) is 8.91. The number of carbonyl (C=O) groups is 1. The van der Waals surface area contributed by atoms with Crippen LogP contribution in [0.2, 0.25) is 4.34 Å². The first-order valence-corrected chi connectivity index (χ1v) is 9.82. The van der Waals surface area contributed by atoms with Gasteiger partial charge in [0.05, 0.1) is 14.1 Å². The molecule has 3 rings (SSSR count). The highest BCUT2D eigenvalue weighted by Crippen LogP contribution is 2.24. The van der Waals surface area contributed by atoms with Crippen molar-refractivity contribution in [2.75, 3.05) is 26.2 Å². The standard InChI is InChI=1S/C15H14ClFN2O3S2/c16-14-5-4-13(23-14)15(20)18-6-8-19(9-7-18)24(21,22)12-3-1-2-11(17)10-12/h1-5,10H,6-9H2. The Morgan fingerprint density at radius 2 is 1.83 bits per heavy atom. The summed E-state index contributed by atoms with van der Waals surface area (Å²) >= 11 is 7.03. The molecule has 24 heavy (non-hydrogen) atoms. The van der Waals surface area contributed by atoms with Crippen LogP contribution < -0.4 is 0 Å². The summed E-state index contributed by atoms with van der Waals surface area (Å²) in [6.07, 6.45) is 0. The van der Waals surface area contributed by atoms with Gasteiger partial charge in [-0.1, -0.05) is 17.7 Å². The molecule has 0 bridgehead atoms. The van der Waals surface area contributed by atoms with Crippen molar-refractivity contribution in [3.8, 4) is 0 Å². The molecule has 0 atom stereocenters. The molecule has 0 spiro atoms. The molecule has 9 heteroatoms. The average molecular weight is 389 g/mol. The van der Waals surface area contributed by atoms with Crippen molar-refractivity contribution in [1.82, 2.24) is 9.21 Å². The lowest BCUT2D eigenvalue weighted by Gasteiger charge is -2.33. The number of hydrogen-bond acceptors (Lipinski definition) is 4. The van der Waals surface area contributed by atoms with Gasteiger partial charge in [-0.3, -0.25) is 4.79 Å². The highest BCUT2D eigenvalue weighted by Gasteiger charge is 2.30. The van der Waals surface area contributed by atoms with Gasteiger partial charge in [0.1, 0.15) is 5.82 Å². The third-order valence-electron chi connectivity index (χ3n) is 3.74. The summed E-state index contributed by atoms with van der Waals surface area (Å²) in [6.45, 7) is 0.902. The third-order valence-corrected chi connectivity index (χ3v) is 6.86. The first-order valence-electron chi connectivity index (χ1n) is 7.18. The predicted octanol–water partition coefficient (Wildman–Crippen LogP) is 2.69. The van der Waals surface area contributed by atoms with Crippen molar-refractivity contribution >= 4 is 38.9 Å². The number of hydrogen-bond donors (Lipinski definition) is 0. The van der Waals surface area contributed by atoms with Crippen molar-refractivity contribution in [3.63, 3.8) is 0 Å².